The lowest BCUT2D eigenvalue weighted by Crippen LogP contribution is -2.48. The fourth-order valence-corrected chi connectivity index (χ4v) is 2.06. The van der Waals surface area contributed by atoms with Gasteiger partial charge in [0.2, 0.25) is 0 Å². The zero-order chi connectivity index (χ0) is 15.6. The van der Waals surface area contributed by atoms with Crippen LogP contribution in [0.2, 0.25) is 0 Å². The third-order valence-corrected chi connectivity index (χ3v) is 3.09. The molecule has 0 saturated carbocycles. The van der Waals surface area contributed by atoms with Gasteiger partial charge in [0.25, 0.3) is 16.9 Å². The summed E-state index contributed by atoms with van der Waals surface area (Å²) in [6.07, 6.45) is 0. The van der Waals surface area contributed by atoms with Crippen molar-refractivity contribution in [1.29, 1.82) is 0 Å². The average molecular weight is 299 g/mol. The Hall–Kier alpha value is -2.66. The van der Waals surface area contributed by atoms with Gasteiger partial charge in [-0.15, -0.1) is 0 Å². The monoisotopic (exact) mass is 299 g/mol. The summed E-state index contributed by atoms with van der Waals surface area (Å²) >= 11 is 0. The van der Waals surface area contributed by atoms with E-state index in [1.807, 2.05) is 0 Å². The van der Waals surface area contributed by atoms with Crippen molar-refractivity contribution >= 4 is 11.4 Å². The summed E-state index contributed by atoms with van der Waals surface area (Å²) < 4.78 is 9.79. The molecule has 0 unspecified atom stereocenters. The van der Waals surface area contributed by atoms with Gasteiger partial charge >= 0.3 is 0 Å². The molecule has 1 heterocycles. The molecule has 0 aromatic heterocycles. The Morgan fingerprint density at radius 3 is 2.10 bits per heavy atom. The van der Waals surface area contributed by atoms with Gasteiger partial charge in [0.1, 0.15) is 25.6 Å². The van der Waals surface area contributed by atoms with Crippen LogP contribution in [0.4, 0.5) is 11.4 Å². The zero-order valence-electron chi connectivity index (χ0n) is 10.5. The van der Waals surface area contributed by atoms with Crippen molar-refractivity contribution in [1.82, 2.24) is 0 Å². The Kier molecular flexibility index (Phi) is 3.78. The minimum Gasteiger partial charge on any atom is -0.347 e. The van der Waals surface area contributed by atoms with Gasteiger partial charge in [0, 0.05) is 11.0 Å². The molecular formula is C10H9N3O8. The number of ether oxygens (including phenoxy) is 2. The number of nitrogens with zero attached hydrogens (tertiary/aromatic N) is 3. The van der Waals surface area contributed by atoms with Crippen LogP contribution in [0, 0.1) is 30.3 Å². The first-order chi connectivity index (χ1) is 9.88. The number of non-ortho nitro benzene ring substituents is 1. The Bertz CT molecular complexity index is 610. The normalized spacial score (nSPS) is 17.1. The molecule has 0 amide bonds. The summed E-state index contributed by atoms with van der Waals surface area (Å²) in [5, 5.41) is 33.1. The molecule has 11 heteroatoms. The molecule has 0 bridgehead atoms. The van der Waals surface area contributed by atoms with E-state index < -0.39 is 44.9 Å². The molecular weight excluding hydrogens is 290 g/mol. The molecule has 1 aromatic carbocycles. The number of nitro benzene ring substituents is 2. The maximum absolute atomic E-state index is 11.4. The molecule has 1 saturated heterocycles. The van der Waals surface area contributed by atoms with Gasteiger partial charge < -0.3 is 9.47 Å². The second-order valence-electron chi connectivity index (χ2n) is 4.32. The van der Waals surface area contributed by atoms with E-state index >= 15 is 0 Å². The van der Waals surface area contributed by atoms with Crippen molar-refractivity contribution in [2.75, 3.05) is 20.0 Å². The number of rotatable bonds is 4. The van der Waals surface area contributed by atoms with Crippen molar-refractivity contribution in [3.63, 3.8) is 0 Å². The molecule has 0 radical (unpaired) electrons. The predicted octanol–water partition coefficient (Wildman–Crippen LogP) is 0.979. The van der Waals surface area contributed by atoms with Crippen LogP contribution in [0.25, 0.3) is 0 Å². The summed E-state index contributed by atoms with van der Waals surface area (Å²) in [7, 11) is 0. The Morgan fingerprint density at radius 1 is 1.00 bits per heavy atom. The smallest absolute Gasteiger partial charge is 0.299 e. The molecule has 0 aliphatic carbocycles. The summed E-state index contributed by atoms with van der Waals surface area (Å²) in [6.45, 7) is -0.992. The van der Waals surface area contributed by atoms with Gasteiger partial charge in [-0.05, 0) is 6.07 Å². The lowest BCUT2D eigenvalue weighted by Gasteiger charge is -2.28. The first-order valence-electron chi connectivity index (χ1n) is 5.62. The topological polar surface area (TPSA) is 148 Å². The van der Waals surface area contributed by atoms with Crippen molar-refractivity contribution in [2.45, 2.75) is 5.54 Å². The van der Waals surface area contributed by atoms with Gasteiger partial charge in [0.15, 0.2) is 0 Å². The number of hydrogen-bond donors (Lipinski definition) is 0. The van der Waals surface area contributed by atoms with Crippen LogP contribution in [0.1, 0.15) is 5.56 Å². The van der Waals surface area contributed by atoms with E-state index in [1.54, 1.807) is 0 Å². The van der Waals surface area contributed by atoms with Gasteiger partial charge in [-0.25, -0.2) is 0 Å². The highest BCUT2D eigenvalue weighted by Crippen LogP contribution is 2.37. The maximum Gasteiger partial charge on any atom is 0.299 e. The number of benzene rings is 1. The van der Waals surface area contributed by atoms with Crippen molar-refractivity contribution in [2.24, 2.45) is 0 Å². The highest BCUT2D eigenvalue weighted by atomic mass is 16.7. The van der Waals surface area contributed by atoms with Gasteiger partial charge in [-0.2, -0.15) is 0 Å². The third-order valence-electron chi connectivity index (χ3n) is 3.09. The summed E-state index contributed by atoms with van der Waals surface area (Å²) in [5.74, 6) is 0. The maximum atomic E-state index is 11.4. The van der Waals surface area contributed by atoms with Gasteiger partial charge in [-0.1, -0.05) is 0 Å². The van der Waals surface area contributed by atoms with Crippen molar-refractivity contribution in [3.05, 3.63) is 54.1 Å². The standard InChI is InChI=1S/C10H9N3O8/c14-11(15)7-1-2-8(9(3-7)12(16)17)10(13(18)19)4-20-6-21-5-10/h1-3H,4-6H2. The fourth-order valence-electron chi connectivity index (χ4n) is 2.06. The zero-order valence-corrected chi connectivity index (χ0v) is 10.5. The first kappa shape index (κ1) is 14.7. The lowest BCUT2D eigenvalue weighted by atomic mass is 9.90. The van der Waals surface area contributed by atoms with Crippen LogP contribution < -0.4 is 0 Å². The highest BCUT2D eigenvalue weighted by Gasteiger charge is 2.52. The molecule has 21 heavy (non-hydrogen) atoms. The van der Waals surface area contributed by atoms with E-state index in [-0.39, 0.29) is 12.4 Å². The SMILES string of the molecule is O=[N+]([O-])c1ccc(C2([N+](=O)[O-])COCOC2)c([N+](=O)[O-])c1. The number of hydrogen-bond acceptors (Lipinski definition) is 8. The van der Waals surface area contributed by atoms with E-state index in [0.717, 1.165) is 12.1 Å². The van der Waals surface area contributed by atoms with Crippen LogP contribution in [0.15, 0.2) is 18.2 Å². The molecule has 2 rings (SSSR count). The first-order valence-corrected chi connectivity index (χ1v) is 5.62. The van der Waals surface area contributed by atoms with Crippen LogP contribution in [0.5, 0.6) is 0 Å². The summed E-state index contributed by atoms with van der Waals surface area (Å²) in [6, 6.07) is 2.66. The molecule has 0 atom stereocenters. The van der Waals surface area contributed by atoms with Gasteiger partial charge in [0.05, 0.1) is 15.9 Å². The second-order valence-corrected chi connectivity index (χ2v) is 4.32. The molecule has 1 aliphatic rings. The predicted molar refractivity (Wildman–Crippen MR) is 65.2 cm³/mol. The number of nitro groups is 3. The minimum atomic E-state index is -1.96. The van der Waals surface area contributed by atoms with Crippen LogP contribution in [-0.4, -0.2) is 34.8 Å². The summed E-state index contributed by atoms with van der Waals surface area (Å²) in [4.78, 5) is 30.7. The second kappa shape index (κ2) is 5.38. The average Bonchev–Trinajstić information content (AvgIpc) is 2.47. The third kappa shape index (κ3) is 2.51. The lowest BCUT2D eigenvalue weighted by molar-refractivity contribution is -0.598. The van der Waals surface area contributed by atoms with E-state index in [9.17, 15) is 30.3 Å². The van der Waals surface area contributed by atoms with E-state index in [0.29, 0.717) is 6.07 Å². The van der Waals surface area contributed by atoms with Crippen LogP contribution in [-0.2, 0) is 15.0 Å². The molecule has 1 aliphatic heterocycles. The molecule has 1 fully saturated rings. The molecule has 0 N–H and O–H groups in total. The van der Waals surface area contributed by atoms with Crippen molar-refractivity contribution in [3.8, 4) is 0 Å². The van der Waals surface area contributed by atoms with E-state index in [2.05, 4.69) is 0 Å². The molecule has 0 spiro atoms. The quantitative estimate of drug-likeness (QED) is 0.590. The van der Waals surface area contributed by atoms with E-state index in [1.165, 1.54) is 0 Å². The highest BCUT2D eigenvalue weighted by molar-refractivity contribution is 5.51. The van der Waals surface area contributed by atoms with Crippen LogP contribution in [0.3, 0.4) is 0 Å². The largest absolute Gasteiger partial charge is 0.347 e. The van der Waals surface area contributed by atoms with Crippen molar-refractivity contribution < 1.29 is 24.2 Å². The molecule has 1 aromatic rings. The van der Waals surface area contributed by atoms with Gasteiger partial charge in [-0.3, -0.25) is 30.3 Å². The molecule has 112 valence electrons. The Labute approximate surface area is 116 Å². The Morgan fingerprint density at radius 2 is 1.62 bits per heavy atom. The Balaban J connectivity index is 2.62. The fraction of sp³-hybridized carbons (Fsp3) is 0.400. The summed E-state index contributed by atoms with van der Waals surface area (Å²) in [5.41, 5.74) is -3.49. The minimum absolute atomic E-state index is 0.156. The molecule has 11 nitrogen and oxygen atoms in total. The van der Waals surface area contributed by atoms with E-state index in [4.69, 9.17) is 9.47 Å². The van der Waals surface area contributed by atoms with Crippen LogP contribution >= 0.6 is 0 Å².